The van der Waals surface area contributed by atoms with Crippen LogP contribution in [-0.4, -0.2) is 27.8 Å². The first-order valence-electron chi connectivity index (χ1n) is 7.13. The summed E-state index contributed by atoms with van der Waals surface area (Å²) in [4.78, 5) is 2.15. The second-order valence-corrected chi connectivity index (χ2v) is 6.55. The van der Waals surface area contributed by atoms with E-state index in [1.807, 2.05) is 12.1 Å². The van der Waals surface area contributed by atoms with E-state index in [1.54, 1.807) is 4.68 Å². The van der Waals surface area contributed by atoms with Gasteiger partial charge in [0.15, 0.2) is 3.95 Å². The highest BCUT2D eigenvalue weighted by atomic mass is 32.1. The molecule has 1 N–H and O–H groups in total. The van der Waals surface area contributed by atoms with E-state index in [1.165, 1.54) is 16.9 Å². The molecule has 0 saturated carbocycles. The molecule has 0 bridgehead atoms. The molecule has 0 aliphatic heterocycles. The molecule has 0 aliphatic carbocycles. The van der Waals surface area contributed by atoms with Crippen molar-refractivity contribution in [2.45, 2.75) is 26.9 Å². The van der Waals surface area contributed by atoms with E-state index in [-0.39, 0.29) is 0 Å². The lowest BCUT2D eigenvalue weighted by molar-refractivity contribution is 0.222. The monoisotopic (exact) mass is 333 g/mol. The number of nitrogens with one attached hydrogen (secondary N) is 1. The summed E-state index contributed by atoms with van der Waals surface area (Å²) >= 11 is 6.83. The minimum atomic E-state index is 0.514. The van der Waals surface area contributed by atoms with Gasteiger partial charge in [0.1, 0.15) is 0 Å². The summed E-state index contributed by atoms with van der Waals surface area (Å²) in [6.07, 6.45) is 0.514. The van der Waals surface area contributed by atoms with Crippen LogP contribution in [0.1, 0.15) is 18.9 Å². The maximum absolute atomic E-state index is 8.69. The van der Waals surface area contributed by atoms with Crippen molar-refractivity contribution < 1.29 is 0 Å². The number of hydrogen-bond acceptors (Lipinski definition) is 6. The molecule has 22 heavy (non-hydrogen) atoms. The Morgan fingerprint density at radius 1 is 1.41 bits per heavy atom. The SMILES string of the molecule is CCN(CCC#N)Cn1nc(Nc2ccc(C)cc2)sc1=S. The van der Waals surface area contributed by atoms with Crippen molar-refractivity contribution in [2.24, 2.45) is 0 Å². The van der Waals surface area contributed by atoms with Gasteiger partial charge >= 0.3 is 0 Å². The average Bonchev–Trinajstić information content (AvgIpc) is 2.85. The third kappa shape index (κ3) is 4.63. The lowest BCUT2D eigenvalue weighted by Crippen LogP contribution is -2.27. The Bertz CT molecular complexity index is 696. The highest BCUT2D eigenvalue weighted by molar-refractivity contribution is 7.73. The highest BCUT2D eigenvalue weighted by Crippen LogP contribution is 2.20. The molecule has 0 radical (unpaired) electrons. The minimum absolute atomic E-state index is 0.514. The second-order valence-electron chi connectivity index (χ2n) is 4.92. The van der Waals surface area contributed by atoms with E-state index in [9.17, 15) is 0 Å². The normalized spacial score (nSPS) is 10.6. The summed E-state index contributed by atoms with van der Waals surface area (Å²) in [7, 11) is 0. The van der Waals surface area contributed by atoms with Gasteiger partial charge in [0.25, 0.3) is 0 Å². The van der Waals surface area contributed by atoms with Crippen molar-refractivity contribution in [1.29, 1.82) is 5.26 Å². The third-order valence-electron chi connectivity index (χ3n) is 3.23. The first-order valence-corrected chi connectivity index (χ1v) is 8.35. The Balaban J connectivity index is 2.06. The standard InChI is InChI=1S/C15H19N5S2/c1-3-19(10-4-9-16)11-20-15(21)22-14(18-20)17-13-7-5-12(2)6-8-13/h5-8H,3-4,10-11H2,1-2H3,(H,17,18). The molecule has 7 heteroatoms. The fourth-order valence-corrected chi connectivity index (χ4v) is 2.95. The van der Waals surface area contributed by atoms with Crippen LogP contribution < -0.4 is 5.32 Å². The van der Waals surface area contributed by atoms with Crippen LogP contribution in [0.15, 0.2) is 24.3 Å². The third-order valence-corrected chi connectivity index (χ3v) is 4.45. The Kier molecular flexibility index (Phi) is 6.07. The summed E-state index contributed by atoms with van der Waals surface area (Å²) in [5.41, 5.74) is 2.22. The Hall–Kier alpha value is -1.75. The van der Waals surface area contributed by atoms with Gasteiger partial charge in [-0.1, -0.05) is 36.0 Å². The number of nitrogens with zero attached hydrogens (tertiary/aromatic N) is 4. The first kappa shape index (κ1) is 16.6. The lowest BCUT2D eigenvalue weighted by Gasteiger charge is -2.18. The molecule has 0 saturated heterocycles. The second kappa shape index (κ2) is 8.03. The lowest BCUT2D eigenvalue weighted by atomic mass is 10.2. The van der Waals surface area contributed by atoms with Gasteiger partial charge < -0.3 is 5.32 Å². The number of aromatic nitrogens is 2. The fourth-order valence-electron chi connectivity index (χ4n) is 1.93. The van der Waals surface area contributed by atoms with E-state index in [4.69, 9.17) is 17.5 Å². The van der Waals surface area contributed by atoms with Crippen LogP contribution >= 0.6 is 23.6 Å². The van der Waals surface area contributed by atoms with Gasteiger partial charge in [-0.25, -0.2) is 4.68 Å². The Morgan fingerprint density at radius 3 is 2.77 bits per heavy atom. The molecule has 0 unspecified atom stereocenters. The van der Waals surface area contributed by atoms with E-state index >= 15 is 0 Å². The Labute approximate surface area is 139 Å². The van der Waals surface area contributed by atoms with Gasteiger partial charge in [0.2, 0.25) is 5.13 Å². The molecule has 1 heterocycles. The zero-order valence-electron chi connectivity index (χ0n) is 12.7. The van der Waals surface area contributed by atoms with Gasteiger partial charge in [-0.2, -0.15) is 5.26 Å². The maximum Gasteiger partial charge on any atom is 0.209 e. The van der Waals surface area contributed by atoms with Crippen LogP contribution in [0, 0.1) is 22.2 Å². The predicted molar refractivity (Wildman–Crippen MR) is 92.9 cm³/mol. The largest absolute Gasteiger partial charge is 0.330 e. The summed E-state index contributed by atoms with van der Waals surface area (Å²) < 4.78 is 2.53. The molecule has 2 rings (SSSR count). The van der Waals surface area contributed by atoms with Gasteiger partial charge in [-0.15, -0.1) is 5.10 Å². The fraction of sp³-hybridized carbons (Fsp3) is 0.400. The number of aryl methyl sites for hydroxylation is 1. The molecule has 0 amide bonds. The molecule has 0 spiro atoms. The average molecular weight is 333 g/mol. The van der Waals surface area contributed by atoms with Crippen molar-refractivity contribution >= 4 is 34.4 Å². The molecule has 1 aromatic heterocycles. The van der Waals surface area contributed by atoms with Gasteiger partial charge in [-0.05, 0) is 37.8 Å². The zero-order valence-corrected chi connectivity index (χ0v) is 14.4. The number of anilines is 2. The van der Waals surface area contributed by atoms with Gasteiger partial charge in [-0.3, -0.25) is 4.90 Å². The minimum Gasteiger partial charge on any atom is -0.330 e. The van der Waals surface area contributed by atoms with Gasteiger partial charge in [0.05, 0.1) is 12.7 Å². The van der Waals surface area contributed by atoms with Crippen LogP contribution in [0.2, 0.25) is 0 Å². The topological polar surface area (TPSA) is 56.9 Å². The molecule has 0 aliphatic rings. The predicted octanol–water partition coefficient (Wildman–Crippen LogP) is 3.92. The molecule has 5 nitrogen and oxygen atoms in total. The van der Waals surface area contributed by atoms with Crippen molar-refractivity contribution in [2.75, 3.05) is 18.4 Å². The van der Waals surface area contributed by atoms with Crippen LogP contribution in [0.4, 0.5) is 10.8 Å². The molecule has 2 aromatic rings. The van der Waals surface area contributed by atoms with Crippen molar-refractivity contribution in [1.82, 2.24) is 14.7 Å². The maximum atomic E-state index is 8.69. The number of hydrogen-bond donors (Lipinski definition) is 1. The van der Waals surface area contributed by atoms with E-state index in [2.05, 4.69) is 47.4 Å². The van der Waals surface area contributed by atoms with Crippen molar-refractivity contribution in [3.05, 3.63) is 33.8 Å². The number of nitriles is 1. The van der Waals surface area contributed by atoms with Gasteiger partial charge in [0, 0.05) is 18.7 Å². The molecule has 1 aromatic carbocycles. The van der Waals surface area contributed by atoms with E-state index in [0.29, 0.717) is 13.1 Å². The molecule has 116 valence electrons. The zero-order chi connectivity index (χ0) is 15.9. The van der Waals surface area contributed by atoms with Crippen molar-refractivity contribution in [3.8, 4) is 6.07 Å². The van der Waals surface area contributed by atoms with Crippen LogP contribution in [0.25, 0.3) is 0 Å². The summed E-state index contributed by atoms with van der Waals surface area (Å²) in [6.45, 7) is 6.33. The molecular formula is C15H19N5S2. The summed E-state index contributed by atoms with van der Waals surface area (Å²) in [6, 6.07) is 10.3. The van der Waals surface area contributed by atoms with E-state index in [0.717, 1.165) is 27.9 Å². The van der Waals surface area contributed by atoms with Crippen LogP contribution in [0.5, 0.6) is 0 Å². The summed E-state index contributed by atoms with van der Waals surface area (Å²) in [5.74, 6) is 0. The molecule has 0 atom stereocenters. The summed E-state index contributed by atoms with van der Waals surface area (Å²) in [5, 5.41) is 17.3. The first-order chi connectivity index (χ1) is 10.6. The quantitative estimate of drug-likeness (QED) is 0.778. The highest BCUT2D eigenvalue weighted by Gasteiger charge is 2.08. The van der Waals surface area contributed by atoms with Crippen LogP contribution in [-0.2, 0) is 6.67 Å². The smallest absolute Gasteiger partial charge is 0.209 e. The number of benzene rings is 1. The Morgan fingerprint density at radius 2 is 2.14 bits per heavy atom. The van der Waals surface area contributed by atoms with Crippen molar-refractivity contribution in [3.63, 3.8) is 0 Å². The van der Waals surface area contributed by atoms with Crippen LogP contribution in [0.3, 0.4) is 0 Å². The number of rotatable bonds is 7. The van der Waals surface area contributed by atoms with E-state index < -0.39 is 0 Å². The molecule has 0 fully saturated rings. The molecular weight excluding hydrogens is 314 g/mol.